The fraction of sp³-hybridized carbons (Fsp3) is 0.714. The zero-order chi connectivity index (χ0) is 44.0. The standard InChI is InChI=1S/C20H14F21N2O3.CHF3O3S/c21-11(22,13(25,26)15(29,30)17(33,34)19(37,38)39)12(23,24)14(27,28)16(31,32)18(35,36)20(40,41)43-3-1-9(2-4-43)10(46)42(5-7-44)6-8-45;2-1(3,4)8(5,6)7/h1-4,44-45H,5-8H2;(H,5,6,7)/q+1;/p-1. The van der Waals surface area contributed by atoms with E-state index < -0.39 is 130 Å². The van der Waals surface area contributed by atoms with Gasteiger partial charge in [0.05, 0.1) is 18.8 Å². The molecule has 0 bridgehead atoms. The summed E-state index contributed by atoms with van der Waals surface area (Å²) in [5.41, 5.74) is -6.52. The monoisotopic (exact) mass is 878 g/mol. The summed E-state index contributed by atoms with van der Waals surface area (Å²) in [7, 11) is -6.09. The van der Waals surface area contributed by atoms with Crippen LogP contribution in [0.4, 0.5) is 105 Å². The van der Waals surface area contributed by atoms with E-state index in [2.05, 4.69) is 0 Å². The molecular formula is C21H14F24N2O6S. The molecule has 0 aliphatic rings. The van der Waals surface area contributed by atoms with Crippen molar-refractivity contribution < 1.29 is 138 Å². The molecule has 0 aliphatic carbocycles. The van der Waals surface area contributed by atoms with Gasteiger partial charge in [-0.3, -0.25) is 4.79 Å². The number of amides is 1. The molecule has 0 radical (unpaired) electrons. The summed E-state index contributed by atoms with van der Waals surface area (Å²) in [6, 6.07) is -7.04. The Morgan fingerprint density at radius 2 is 0.815 bits per heavy atom. The van der Waals surface area contributed by atoms with Gasteiger partial charge in [-0.1, -0.05) is 0 Å². The van der Waals surface area contributed by atoms with E-state index in [4.69, 9.17) is 23.2 Å². The lowest BCUT2D eigenvalue weighted by Crippen LogP contribution is -2.78. The maximum absolute atomic E-state index is 14.4. The third-order valence-corrected chi connectivity index (χ3v) is 6.77. The molecule has 2 N–H and O–H groups in total. The topological polar surface area (TPSA) is 122 Å². The summed E-state index contributed by atoms with van der Waals surface area (Å²) in [5.74, 6) is -72.5. The van der Waals surface area contributed by atoms with Crippen molar-refractivity contribution >= 4 is 16.0 Å². The third-order valence-electron chi connectivity index (χ3n) is 6.21. The van der Waals surface area contributed by atoms with Gasteiger partial charge in [0.1, 0.15) is 0 Å². The highest BCUT2D eigenvalue weighted by molar-refractivity contribution is 7.86. The van der Waals surface area contributed by atoms with Crippen LogP contribution in [-0.2, 0) is 16.2 Å². The minimum Gasteiger partial charge on any atom is -0.741 e. The summed E-state index contributed by atoms with van der Waals surface area (Å²) in [5, 5.41) is 17.7. The number of halogens is 24. The Bertz CT molecular complexity index is 1550. The van der Waals surface area contributed by atoms with Gasteiger partial charge in [-0.25, -0.2) is 8.42 Å². The molecular weight excluding hydrogens is 864 g/mol. The molecule has 0 aliphatic heterocycles. The Hall–Kier alpha value is -3.23. The smallest absolute Gasteiger partial charge is 0.534 e. The van der Waals surface area contributed by atoms with Crippen LogP contribution in [0, 0.1) is 0 Å². The van der Waals surface area contributed by atoms with E-state index >= 15 is 0 Å². The van der Waals surface area contributed by atoms with Crippen LogP contribution in [-0.4, -0.2) is 119 Å². The van der Waals surface area contributed by atoms with Crippen LogP contribution in [0.25, 0.3) is 0 Å². The zero-order valence-corrected chi connectivity index (χ0v) is 25.4. The molecule has 33 heteroatoms. The average molecular weight is 878 g/mol. The highest BCUT2D eigenvalue weighted by atomic mass is 32.2. The SMILES string of the molecule is O=C(c1cc[n+](C(F)(F)C(F)(F)C(F)(F)C(F)(F)C(F)(F)C(F)(F)C(F)(F)C(F)(F)C(F)(F)C(F)(F)F)cc1)N(CCO)CCO.O=S(=O)([O-])C(F)(F)F. The maximum atomic E-state index is 14.4. The van der Waals surface area contributed by atoms with Crippen molar-refractivity contribution in [1.82, 2.24) is 4.90 Å². The molecule has 1 aromatic heterocycles. The summed E-state index contributed by atoms with van der Waals surface area (Å²) >= 11 is 0. The first-order chi connectivity index (χ1) is 23.4. The van der Waals surface area contributed by atoms with E-state index in [1.165, 1.54) is 0 Å². The van der Waals surface area contributed by atoms with Gasteiger partial charge in [-0.15, -0.1) is 13.3 Å². The molecule has 1 heterocycles. The lowest BCUT2D eigenvalue weighted by molar-refractivity contribution is -0.849. The van der Waals surface area contributed by atoms with Crippen molar-refractivity contribution in [1.29, 1.82) is 0 Å². The largest absolute Gasteiger partial charge is 0.741 e. The van der Waals surface area contributed by atoms with Gasteiger partial charge >= 0.3 is 65.1 Å². The Morgan fingerprint density at radius 3 is 1.06 bits per heavy atom. The molecule has 0 fully saturated rings. The number of hydrogen-bond acceptors (Lipinski definition) is 6. The number of aliphatic hydroxyl groups is 2. The van der Waals surface area contributed by atoms with Gasteiger partial charge in [0.2, 0.25) is 0 Å². The number of rotatable bonds is 14. The summed E-state index contributed by atoms with van der Waals surface area (Å²) in [4.78, 5) is 12.8. The number of pyridine rings is 1. The van der Waals surface area contributed by atoms with Gasteiger partial charge in [-0.05, 0) is 0 Å². The van der Waals surface area contributed by atoms with E-state index in [1.54, 1.807) is 0 Å². The molecule has 0 saturated carbocycles. The molecule has 318 valence electrons. The number of hydrogen-bond donors (Lipinski definition) is 2. The highest BCUT2D eigenvalue weighted by Gasteiger charge is 2.99. The molecule has 54 heavy (non-hydrogen) atoms. The third kappa shape index (κ3) is 8.16. The van der Waals surface area contributed by atoms with Crippen molar-refractivity contribution in [2.45, 2.75) is 65.1 Å². The first-order valence-electron chi connectivity index (χ1n) is 12.4. The van der Waals surface area contributed by atoms with Crippen LogP contribution in [0.5, 0.6) is 0 Å². The summed E-state index contributed by atoms with van der Waals surface area (Å²) in [6.45, 7) is -2.77. The van der Waals surface area contributed by atoms with Crippen molar-refractivity contribution in [3.63, 3.8) is 0 Å². The van der Waals surface area contributed by atoms with E-state index in [1.807, 2.05) is 0 Å². The number of carbonyl (C=O) groups is 1. The number of carbonyl (C=O) groups excluding carboxylic acids is 1. The second kappa shape index (κ2) is 15.0. The van der Waals surface area contributed by atoms with Crippen molar-refractivity contribution in [3.05, 3.63) is 30.1 Å². The molecule has 1 amide bonds. The number of aromatic nitrogens is 1. The lowest BCUT2D eigenvalue weighted by atomic mass is 9.87. The minimum atomic E-state index is -9.26. The Balaban J connectivity index is 0.00000313. The van der Waals surface area contributed by atoms with Crippen LogP contribution < -0.4 is 4.57 Å². The molecule has 1 rings (SSSR count). The van der Waals surface area contributed by atoms with E-state index in [0.717, 1.165) is 0 Å². The van der Waals surface area contributed by atoms with Crippen LogP contribution in [0.2, 0.25) is 0 Å². The fourth-order valence-corrected chi connectivity index (χ4v) is 3.21. The fourth-order valence-electron chi connectivity index (χ4n) is 3.21. The maximum Gasteiger partial charge on any atom is 0.534 e. The molecule has 8 nitrogen and oxygen atoms in total. The molecule has 0 atom stereocenters. The predicted molar refractivity (Wildman–Crippen MR) is 118 cm³/mol. The normalized spacial score (nSPS) is 15.1. The van der Waals surface area contributed by atoms with Crippen LogP contribution in [0.3, 0.4) is 0 Å². The Morgan fingerprint density at radius 1 is 0.556 bits per heavy atom. The summed E-state index contributed by atoms with van der Waals surface area (Å²) < 4.78 is 342. The van der Waals surface area contributed by atoms with Gasteiger partial charge in [0, 0.05) is 25.2 Å². The van der Waals surface area contributed by atoms with Crippen molar-refractivity contribution in [3.8, 4) is 0 Å². The van der Waals surface area contributed by atoms with Crippen LogP contribution in [0.1, 0.15) is 10.4 Å². The molecule has 1 aromatic rings. The predicted octanol–water partition coefficient (Wildman–Crippen LogP) is 5.65. The average Bonchev–Trinajstić information content (AvgIpc) is 2.98. The number of nitrogens with zero attached hydrogens (tertiary/aromatic N) is 2. The second-order valence-electron chi connectivity index (χ2n) is 9.77. The van der Waals surface area contributed by atoms with Gasteiger partial charge < -0.3 is 19.7 Å². The van der Waals surface area contributed by atoms with Gasteiger partial charge in [0.25, 0.3) is 5.91 Å². The van der Waals surface area contributed by atoms with Crippen molar-refractivity contribution in [2.24, 2.45) is 0 Å². The number of alkyl halides is 24. The minimum absolute atomic E-state index is 0.0105. The zero-order valence-electron chi connectivity index (χ0n) is 24.5. The van der Waals surface area contributed by atoms with E-state index in [0.29, 0.717) is 4.90 Å². The number of aliphatic hydroxyl groups excluding tert-OH is 2. The lowest BCUT2D eigenvalue weighted by Gasteiger charge is -2.43. The molecule has 0 saturated heterocycles. The van der Waals surface area contributed by atoms with Gasteiger partial charge in [0.15, 0.2) is 22.5 Å². The Kier molecular flexibility index (Phi) is 14.1. The first-order valence-corrected chi connectivity index (χ1v) is 13.8. The van der Waals surface area contributed by atoms with Gasteiger partial charge in [-0.2, -0.15) is 96.6 Å². The van der Waals surface area contributed by atoms with E-state index in [9.17, 15) is 110 Å². The van der Waals surface area contributed by atoms with Crippen LogP contribution in [0.15, 0.2) is 24.5 Å². The molecule has 0 spiro atoms. The molecule has 0 aromatic carbocycles. The highest BCUT2D eigenvalue weighted by Crippen LogP contribution is 2.66. The molecule has 0 unspecified atom stereocenters. The quantitative estimate of drug-likeness (QED) is 0.108. The Labute approximate surface area is 281 Å². The first kappa shape index (κ1) is 50.8. The van der Waals surface area contributed by atoms with E-state index in [-0.39, 0.29) is 12.1 Å². The summed E-state index contributed by atoms with van der Waals surface area (Å²) in [6.07, 6.45) is -9.13. The van der Waals surface area contributed by atoms with Crippen molar-refractivity contribution in [2.75, 3.05) is 26.3 Å². The second-order valence-corrected chi connectivity index (χ2v) is 11.1. The van der Waals surface area contributed by atoms with Crippen LogP contribution >= 0.6 is 0 Å².